The van der Waals surface area contributed by atoms with Crippen molar-refractivity contribution in [3.8, 4) is 5.75 Å². The van der Waals surface area contributed by atoms with Crippen LogP contribution in [0.15, 0.2) is 48.5 Å². The predicted molar refractivity (Wildman–Crippen MR) is 114 cm³/mol. The molecule has 1 atom stereocenters. The lowest BCUT2D eigenvalue weighted by molar-refractivity contribution is 0.107. The number of sulfonamides is 1. The second-order valence-electron chi connectivity index (χ2n) is 6.77. The van der Waals surface area contributed by atoms with Crippen LogP contribution < -0.4 is 14.8 Å². The van der Waals surface area contributed by atoms with Gasteiger partial charge in [0, 0.05) is 18.8 Å². The third-order valence-electron chi connectivity index (χ3n) is 4.08. The smallest absolute Gasteiger partial charge is 0.229 e. The van der Waals surface area contributed by atoms with Gasteiger partial charge in [0.25, 0.3) is 0 Å². The molecule has 0 bridgehead atoms. The second kappa shape index (κ2) is 10.3. The van der Waals surface area contributed by atoms with E-state index in [-0.39, 0.29) is 6.61 Å². The maximum absolute atomic E-state index is 11.2. The van der Waals surface area contributed by atoms with Crippen molar-refractivity contribution in [2.45, 2.75) is 20.0 Å². The van der Waals surface area contributed by atoms with E-state index < -0.39 is 16.1 Å². The molecule has 0 aliphatic heterocycles. The van der Waals surface area contributed by atoms with Crippen LogP contribution in [0.5, 0.6) is 5.75 Å². The average Bonchev–Trinajstić information content (AvgIpc) is 2.62. The average molecular weight is 405 g/mol. The zero-order valence-corrected chi connectivity index (χ0v) is 17.3. The van der Waals surface area contributed by atoms with Crippen LogP contribution in [0.2, 0.25) is 0 Å². The van der Waals surface area contributed by atoms with Crippen molar-refractivity contribution < 1.29 is 18.3 Å². The molecule has 28 heavy (non-hydrogen) atoms. The summed E-state index contributed by atoms with van der Waals surface area (Å²) in [6, 6.07) is 12.9. The second-order valence-corrected chi connectivity index (χ2v) is 8.52. The van der Waals surface area contributed by atoms with Crippen molar-refractivity contribution in [2.24, 2.45) is 0 Å². The number of hydrogen-bond donors (Lipinski definition) is 3. The lowest BCUT2D eigenvalue weighted by Crippen LogP contribution is -2.31. The zero-order valence-electron chi connectivity index (χ0n) is 16.5. The molecular weight excluding hydrogens is 376 g/mol. The summed E-state index contributed by atoms with van der Waals surface area (Å²) < 4.78 is 30.2. The van der Waals surface area contributed by atoms with Crippen molar-refractivity contribution in [1.29, 1.82) is 0 Å². The number of nitrogens with one attached hydrogen (secondary N) is 2. The summed E-state index contributed by atoms with van der Waals surface area (Å²) in [7, 11) is -3.30. The Kier molecular flexibility index (Phi) is 8.04. The first-order valence-electron chi connectivity index (χ1n) is 9.06. The fourth-order valence-corrected chi connectivity index (χ4v) is 3.05. The van der Waals surface area contributed by atoms with E-state index in [0.717, 1.165) is 11.8 Å². The van der Waals surface area contributed by atoms with E-state index >= 15 is 0 Å². The molecule has 1 unspecified atom stereocenters. The molecule has 0 saturated heterocycles. The Bertz CT molecular complexity index is 893. The molecule has 7 heteroatoms. The summed E-state index contributed by atoms with van der Waals surface area (Å²) in [5, 5.41) is 13.2. The van der Waals surface area contributed by atoms with Gasteiger partial charge in [0.15, 0.2) is 0 Å². The summed E-state index contributed by atoms with van der Waals surface area (Å²) in [6.45, 7) is 5.39. The summed E-state index contributed by atoms with van der Waals surface area (Å²) in [6.07, 6.45) is 4.51. The highest BCUT2D eigenvalue weighted by Gasteiger charge is 2.05. The Morgan fingerprint density at radius 1 is 1.11 bits per heavy atom. The highest BCUT2D eigenvalue weighted by Crippen LogP contribution is 2.16. The number of benzene rings is 2. The molecule has 152 valence electrons. The van der Waals surface area contributed by atoms with E-state index in [9.17, 15) is 13.5 Å². The SMILES string of the molecule is Cc1ccc(/C=C/CNCC(O)COc2ccc(NS(C)(=O)=O)cc2)cc1C. The van der Waals surface area contributed by atoms with E-state index in [1.807, 2.05) is 6.08 Å². The molecule has 0 amide bonds. The number of aliphatic hydroxyl groups is 1. The monoisotopic (exact) mass is 404 g/mol. The fourth-order valence-electron chi connectivity index (χ4n) is 2.48. The maximum Gasteiger partial charge on any atom is 0.229 e. The predicted octanol–water partition coefficient (Wildman–Crippen LogP) is 2.72. The van der Waals surface area contributed by atoms with Gasteiger partial charge in [0.05, 0.1) is 6.26 Å². The van der Waals surface area contributed by atoms with Gasteiger partial charge in [0.2, 0.25) is 10.0 Å². The molecule has 0 aromatic heterocycles. The van der Waals surface area contributed by atoms with Gasteiger partial charge in [-0.25, -0.2) is 8.42 Å². The molecule has 0 heterocycles. The molecule has 0 aliphatic rings. The quantitative estimate of drug-likeness (QED) is 0.530. The first-order chi connectivity index (χ1) is 13.2. The van der Waals surface area contributed by atoms with Crippen molar-refractivity contribution in [2.75, 3.05) is 30.7 Å². The largest absolute Gasteiger partial charge is 0.491 e. The Labute approximate surface area is 167 Å². The highest BCUT2D eigenvalue weighted by molar-refractivity contribution is 7.92. The molecule has 2 aromatic rings. The first-order valence-corrected chi connectivity index (χ1v) is 11.0. The van der Waals surface area contributed by atoms with Gasteiger partial charge >= 0.3 is 0 Å². The standard InChI is InChI=1S/C21H28N2O4S/c1-16-6-7-18(13-17(16)2)5-4-12-22-14-20(24)15-27-21-10-8-19(9-11-21)23-28(3,25)26/h4-11,13,20,22-24H,12,14-15H2,1-3H3/b5-4+. The van der Waals surface area contributed by atoms with Gasteiger partial charge in [-0.05, 0) is 54.8 Å². The van der Waals surface area contributed by atoms with E-state index in [4.69, 9.17) is 4.74 Å². The lowest BCUT2D eigenvalue weighted by atomic mass is 10.1. The summed E-state index contributed by atoms with van der Waals surface area (Å²) >= 11 is 0. The number of anilines is 1. The third-order valence-corrected chi connectivity index (χ3v) is 4.69. The van der Waals surface area contributed by atoms with Gasteiger partial charge in [-0.15, -0.1) is 0 Å². The van der Waals surface area contributed by atoms with Gasteiger partial charge in [-0.2, -0.15) is 0 Å². The lowest BCUT2D eigenvalue weighted by Gasteiger charge is -2.13. The minimum absolute atomic E-state index is 0.146. The van der Waals surface area contributed by atoms with E-state index in [1.165, 1.54) is 11.1 Å². The van der Waals surface area contributed by atoms with E-state index in [2.05, 4.69) is 48.2 Å². The molecule has 6 nitrogen and oxygen atoms in total. The minimum Gasteiger partial charge on any atom is -0.491 e. The summed E-state index contributed by atoms with van der Waals surface area (Å²) in [5.41, 5.74) is 4.16. The van der Waals surface area contributed by atoms with Gasteiger partial charge < -0.3 is 15.2 Å². The fraction of sp³-hybridized carbons (Fsp3) is 0.333. The van der Waals surface area contributed by atoms with Crippen LogP contribution in [0, 0.1) is 13.8 Å². The molecule has 2 aromatic carbocycles. The molecule has 0 fully saturated rings. The number of aliphatic hydroxyl groups excluding tert-OH is 1. The van der Waals surface area contributed by atoms with Gasteiger partial charge in [-0.3, -0.25) is 4.72 Å². The Morgan fingerprint density at radius 2 is 1.82 bits per heavy atom. The zero-order chi connectivity index (χ0) is 20.6. The van der Waals surface area contributed by atoms with Crippen LogP contribution in [0.3, 0.4) is 0 Å². The number of hydrogen-bond acceptors (Lipinski definition) is 5. The number of ether oxygens (including phenoxy) is 1. The third kappa shape index (κ3) is 8.12. The normalized spacial score (nSPS) is 12.9. The Balaban J connectivity index is 1.67. The number of rotatable bonds is 10. The van der Waals surface area contributed by atoms with Crippen LogP contribution in [0.25, 0.3) is 6.08 Å². The van der Waals surface area contributed by atoms with Crippen LogP contribution >= 0.6 is 0 Å². The summed E-state index contributed by atoms with van der Waals surface area (Å²) in [5.74, 6) is 0.563. The molecule has 0 saturated carbocycles. The topological polar surface area (TPSA) is 87.7 Å². The van der Waals surface area contributed by atoms with Gasteiger partial charge in [0.1, 0.15) is 18.5 Å². The number of aryl methyl sites for hydroxylation is 2. The van der Waals surface area contributed by atoms with Crippen LogP contribution in [-0.2, 0) is 10.0 Å². The van der Waals surface area contributed by atoms with E-state index in [0.29, 0.717) is 24.5 Å². The molecule has 0 radical (unpaired) electrons. The van der Waals surface area contributed by atoms with Crippen molar-refractivity contribution in [3.05, 3.63) is 65.2 Å². The molecule has 0 spiro atoms. The maximum atomic E-state index is 11.2. The highest BCUT2D eigenvalue weighted by atomic mass is 32.2. The Hall–Kier alpha value is -2.35. The summed E-state index contributed by atoms with van der Waals surface area (Å²) in [4.78, 5) is 0. The molecule has 2 rings (SSSR count). The molecule has 0 aliphatic carbocycles. The van der Waals surface area contributed by atoms with Crippen LogP contribution in [-0.4, -0.2) is 45.6 Å². The molecular formula is C21H28N2O4S. The van der Waals surface area contributed by atoms with Crippen molar-refractivity contribution in [3.63, 3.8) is 0 Å². The first kappa shape index (κ1) is 21.9. The van der Waals surface area contributed by atoms with Crippen LogP contribution in [0.1, 0.15) is 16.7 Å². The van der Waals surface area contributed by atoms with Crippen molar-refractivity contribution in [1.82, 2.24) is 5.32 Å². The molecule has 3 N–H and O–H groups in total. The van der Waals surface area contributed by atoms with E-state index in [1.54, 1.807) is 24.3 Å². The minimum atomic E-state index is -3.30. The van der Waals surface area contributed by atoms with Crippen LogP contribution in [0.4, 0.5) is 5.69 Å². The Morgan fingerprint density at radius 3 is 2.46 bits per heavy atom. The van der Waals surface area contributed by atoms with Gasteiger partial charge in [-0.1, -0.05) is 30.4 Å². The van der Waals surface area contributed by atoms with Crippen molar-refractivity contribution >= 4 is 21.8 Å².